The Kier molecular flexibility index (Phi) is 3.03. The summed E-state index contributed by atoms with van der Waals surface area (Å²) in [6.45, 7) is 0.365. The lowest BCUT2D eigenvalue weighted by molar-refractivity contribution is -0.117. The van der Waals surface area contributed by atoms with Crippen LogP contribution in [0.1, 0.15) is 0 Å². The molecule has 0 fully saturated rings. The summed E-state index contributed by atoms with van der Waals surface area (Å²) in [6, 6.07) is 15.9. The molecule has 0 saturated heterocycles. The van der Waals surface area contributed by atoms with Crippen LogP contribution >= 0.6 is 15.9 Å². The summed E-state index contributed by atoms with van der Waals surface area (Å²) in [5, 5.41) is 0. The number of nitrogens with zero attached hydrogens (tertiary/aromatic N) is 2. The molecular weight excluding hydrogens is 304 g/mol. The Morgan fingerprint density at radius 1 is 1.05 bits per heavy atom. The average Bonchev–Trinajstić information content (AvgIpc) is 2.43. The number of carbonyl (C=O) groups is 1. The van der Waals surface area contributed by atoms with Crippen molar-refractivity contribution in [3.8, 4) is 0 Å². The van der Waals surface area contributed by atoms with E-state index in [0.717, 1.165) is 21.5 Å². The Balaban J connectivity index is 2.13. The van der Waals surface area contributed by atoms with E-state index in [1.54, 1.807) is 4.90 Å². The van der Waals surface area contributed by atoms with Crippen LogP contribution in [0.25, 0.3) is 0 Å². The largest absolute Gasteiger partial charge is 0.330 e. The molecule has 2 aromatic carbocycles. The van der Waals surface area contributed by atoms with Crippen molar-refractivity contribution in [3.05, 3.63) is 53.0 Å². The topological polar surface area (TPSA) is 23.6 Å². The van der Waals surface area contributed by atoms with E-state index in [-0.39, 0.29) is 5.91 Å². The van der Waals surface area contributed by atoms with Gasteiger partial charge in [0.05, 0.1) is 11.4 Å². The smallest absolute Gasteiger partial charge is 0.246 e. The molecule has 4 heteroatoms. The van der Waals surface area contributed by atoms with Crippen LogP contribution in [0.15, 0.2) is 53.0 Å². The molecule has 0 atom stereocenters. The normalized spacial score (nSPS) is 14.5. The fourth-order valence-corrected chi connectivity index (χ4v) is 2.70. The summed E-state index contributed by atoms with van der Waals surface area (Å²) in [5.41, 5.74) is 3.02. The highest BCUT2D eigenvalue weighted by Crippen LogP contribution is 2.37. The van der Waals surface area contributed by atoms with Crippen molar-refractivity contribution < 1.29 is 4.79 Å². The van der Waals surface area contributed by atoms with Crippen LogP contribution in [-0.4, -0.2) is 19.5 Å². The molecule has 0 aliphatic carbocycles. The third kappa shape index (κ3) is 2.12. The standard InChI is InChI=1S/C15H13BrN2O/c1-17-13-7-2-3-8-14(13)18(10-15(17)19)12-6-4-5-11(16)9-12/h2-9H,10H2,1H3. The molecule has 1 aliphatic rings. The van der Waals surface area contributed by atoms with Crippen molar-refractivity contribution in [2.45, 2.75) is 0 Å². The van der Waals surface area contributed by atoms with Crippen molar-refractivity contribution in [1.82, 2.24) is 0 Å². The second kappa shape index (κ2) is 4.70. The number of hydrogen-bond acceptors (Lipinski definition) is 2. The molecule has 0 aromatic heterocycles. The van der Waals surface area contributed by atoms with E-state index < -0.39 is 0 Å². The number of anilines is 3. The van der Waals surface area contributed by atoms with Gasteiger partial charge in [-0.25, -0.2) is 0 Å². The molecule has 0 bridgehead atoms. The highest BCUT2D eigenvalue weighted by atomic mass is 79.9. The van der Waals surface area contributed by atoms with Gasteiger partial charge in [0.25, 0.3) is 0 Å². The number of para-hydroxylation sites is 2. The van der Waals surface area contributed by atoms with E-state index in [2.05, 4.69) is 15.9 Å². The quantitative estimate of drug-likeness (QED) is 0.803. The lowest BCUT2D eigenvalue weighted by Gasteiger charge is -2.35. The minimum atomic E-state index is 0.0960. The lowest BCUT2D eigenvalue weighted by atomic mass is 10.1. The molecule has 1 heterocycles. The Labute approximate surface area is 120 Å². The monoisotopic (exact) mass is 316 g/mol. The van der Waals surface area contributed by atoms with Crippen molar-refractivity contribution >= 4 is 38.9 Å². The number of fused-ring (bicyclic) bond motifs is 1. The molecule has 96 valence electrons. The number of benzene rings is 2. The van der Waals surface area contributed by atoms with E-state index in [0.29, 0.717) is 6.54 Å². The van der Waals surface area contributed by atoms with Gasteiger partial charge in [0.1, 0.15) is 6.54 Å². The van der Waals surface area contributed by atoms with Gasteiger partial charge in [-0.1, -0.05) is 34.1 Å². The molecule has 1 aliphatic heterocycles. The van der Waals surface area contributed by atoms with Crippen molar-refractivity contribution in [2.75, 3.05) is 23.4 Å². The van der Waals surface area contributed by atoms with E-state index in [9.17, 15) is 4.79 Å². The molecule has 1 amide bonds. The first-order chi connectivity index (χ1) is 9.16. The maximum atomic E-state index is 12.1. The van der Waals surface area contributed by atoms with Crippen LogP contribution in [0.5, 0.6) is 0 Å². The lowest BCUT2D eigenvalue weighted by Crippen LogP contribution is -2.41. The van der Waals surface area contributed by atoms with Crippen molar-refractivity contribution in [3.63, 3.8) is 0 Å². The molecule has 19 heavy (non-hydrogen) atoms. The van der Waals surface area contributed by atoms with Gasteiger partial charge in [-0.2, -0.15) is 0 Å². The summed E-state index contributed by atoms with van der Waals surface area (Å²) in [4.78, 5) is 15.9. The first kappa shape index (κ1) is 12.2. The van der Waals surface area contributed by atoms with Crippen LogP contribution < -0.4 is 9.80 Å². The maximum Gasteiger partial charge on any atom is 0.246 e. The first-order valence-electron chi connectivity index (χ1n) is 6.05. The van der Waals surface area contributed by atoms with Crippen LogP contribution in [0.4, 0.5) is 17.1 Å². The third-order valence-corrected chi connectivity index (χ3v) is 3.81. The summed E-state index contributed by atoms with van der Waals surface area (Å²) < 4.78 is 1.01. The molecule has 0 saturated carbocycles. The summed E-state index contributed by atoms with van der Waals surface area (Å²) in [5.74, 6) is 0.0960. The van der Waals surface area contributed by atoms with Gasteiger partial charge in [-0.3, -0.25) is 4.79 Å². The third-order valence-electron chi connectivity index (χ3n) is 3.32. The summed E-state index contributed by atoms with van der Waals surface area (Å²) in [7, 11) is 1.82. The Morgan fingerprint density at radius 2 is 1.79 bits per heavy atom. The maximum absolute atomic E-state index is 12.1. The Bertz CT molecular complexity index is 642. The fourth-order valence-electron chi connectivity index (χ4n) is 2.31. The van der Waals surface area contributed by atoms with Gasteiger partial charge in [-0.05, 0) is 30.3 Å². The Hall–Kier alpha value is -1.81. The predicted octanol–water partition coefficient (Wildman–Crippen LogP) is 3.56. The van der Waals surface area contributed by atoms with Gasteiger partial charge in [0, 0.05) is 17.2 Å². The molecule has 3 nitrogen and oxygen atoms in total. The zero-order valence-corrected chi connectivity index (χ0v) is 12.1. The zero-order chi connectivity index (χ0) is 13.4. The van der Waals surface area contributed by atoms with Gasteiger partial charge >= 0.3 is 0 Å². The van der Waals surface area contributed by atoms with Gasteiger partial charge in [-0.15, -0.1) is 0 Å². The highest BCUT2D eigenvalue weighted by molar-refractivity contribution is 9.10. The predicted molar refractivity (Wildman–Crippen MR) is 81.0 cm³/mol. The highest BCUT2D eigenvalue weighted by Gasteiger charge is 2.27. The molecule has 0 spiro atoms. The van der Waals surface area contributed by atoms with Crippen LogP contribution in [0, 0.1) is 0 Å². The number of hydrogen-bond donors (Lipinski definition) is 0. The Morgan fingerprint density at radius 3 is 2.53 bits per heavy atom. The molecular formula is C15H13BrN2O. The molecule has 0 N–H and O–H groups in total. The number of likely N-dealkylation sites (N-methyl/N-ethyl adjacent to an activating group) is 1. The second-order valence-corrected chi connectivity index (χ2v) is 5.42. The van der Waals surface area contributed by atoms with Gasteiger partial charge < -0.3 is 9.80 Å². The van der Waals surface area contributed by atoms with Crippen molar-refractivity contribution in [1.29, 1.82) is 0 Å². The summed E-state index contributed by atoms with van der Waals surface area (Å²) >= 11 is 3.47. The van der Waals surface area contributed by atoms with E-state index in [4.69, 9.17) is 0 Å². The van der Waals surface area contributed by atoms with E-state index in [1.165, 1.54) is 0 Å². The molecule has 3 rings (SSSR count). The van der Waals surface area contributed by atoms with E-state index in [1.807, 2.05) is 60.5 Å². The number of carbonyl (C=O) groups excluding carboxylic acids is 1. The minimum absolute atomic E-state index is 0.0960. The molecule has 0 unspecified atom stereocenters. The first-order valence-corrected chi connectivity index (χ1v) is 6.85. The number of rotatable bonds is 1. The molecule has 0 radical (unpaired) electrons. The average molecular weight is 317 g/mol. The second-order valence-electron chi connectivity index (χ2n) is 4.51. The summed E-state index contributed by atoms with van der Waals surface area (Å²) in [6.07, 6.45) is 0. The number of halogens is 1. The molecule has 2 aromatic rings. The van der Waals surface area contributed by atoms with Gasteiger partial charge in [0.2, 0.25) is 5.91 Å². The number of amides is 1. The van der Waals surface area contributed by atoms with Crippen LogP contribution in [0.3, 0.4) is 0 Å². The SMILES string of the molecule is CN1C(=O)CN(c2cccc(Br)c2)c2ccccc21. The zero-order valence-electron chi connectivity index (χ0n) is 10.5. The fraction of sp³-hybridized carbons (Fsp3) is 0.133. The van der Waals surface area contributed by atoms with Crippen LogP contribution in [-0.2, 0) is 4.79 Å². The van der Waals surface area contributed by atoms with Crippen molar-refractivity contribution in [2.24, 2.45) is 0 Å². The minimum Gasteiger partial charge on any atom is -0.330 e. The van der Waals surface area contributed by atoms with Crippen LogP contribution in [0.2, 0.25) is 0 Å². The van der Waals surface area contributed by atoms with E-state index >= 15 is 0 Å². The van der Waals surface area contributed by atoms with Gasteiger partial charge in [0.15, 0.2) is 0 Å².